The summed E-state index contributed by atoms with van der Waals surface area (Å²) < 4.78 is 7.59. The molecule has 0 spiro atoms. The van der Waals surface area contributed by atoms with E-state index in [1.54, 1.807) is 15.9 Å². The Labute approximate surface area is 151 Å². The SMILES string of the molecule is Cc1cccc(OCCn2c(C)nc3sc4c(c3c2=O)CCCC4)c1. The molecule has 0 fully saturated rings. The Morgan fingerprint density at radius 1 is 1.24 bits per heavy atom. The first kappa shape index (κ1) is 16.3. The van der Waals surface area contributed by atoms with Gasteiger partial charge >= 0.3 is 0 Å². The maximum atomic E-state index is 13.1. The van der Waals surface area contributed by atoms with E-state index in [-0.39, 0.29) is 5.56 Å². The molecule has 4 rings (SSSR count). The fourth-order valence-corrected chi connectivity index (χ4v) is 4.86. The van der Waals surface area contributed by atoms with Crippen LogP contribution in [0.4, 0.5) is 0 Å². The van der Waals surface area contributed by atoms with Gasteiger partial charge in [-0.05, 0) is 62.8 Å². The minimum absolute atomic E-state index is 0.0924. The maximum absolute atomic E-state index is 13.1. The van der Waals surface area contributed by atoms with E-state index in [0.717, 1.165) is 34.6 Å². The van der Waals surface area contributed by atoms with E-state index in [9.17, 15) is 4.79 Å². The van der Waals surface area contributed by atoms with E-state index < -0.39 is 0 Å². The monoisotopic (exact) mass is 354 g/mol. The van der Waals surface area contributed by atoms with Crippen LogP contribution in [0.15, 0.2) is 29.1 Å². The topological polar surface area (TPSA) is 44.1 Å². The molecule has 3 aromatic rings. The fraction of sp³-hybridized carbons (Fsp3) is 0.400. The summed E-state index contributed by atoms with van der Waals surface area (Å²) in [7, 11) is 0. The van der Waals surface area contributed by atoms with Gasteiger partial charge in [0.2, 0.25) is 0 Å². The van der Waals surface area contributed by atoms with Crippen LogP contribution in [0.1, 0.15) is 34.7 Å². The first-order valence-electron chi connectivity index (χ1n) is 8.84. The number of nitrogens with zero attached hydrogens (tertiary/aromatic N) is 2. The first-order chi connectivity index (χ1) is 12.1. The van der Waals surface area contributed by atoms with Gasteiger partial charge in [-0.15, -0.1) is 11.3 Å². The summed E-state index contributed by atoms with van der Waals surface area (Å²) in [6.45, 7) is 4.93. The summed E-state index contributed by atoms with van der Waals surface area (Å²) in [5.74, 6) is 1.61. The third-order valence-electron chi connectivity index (χ3n) is 4.84. The highest BCUT2D eigenvalue weighted by molar-refractivity contribution is 7.18. The van der Waals surface area contributed by atoms with Crippen molar-refractivity contribution in [3.63, 3.8) is 0 Å². The molecule has 0 bridgehead atoms. The molecule has 0 saturated heterocycles. The molecule has 2 aromatic heterocycles. The van der Waals surface area contributed by atoms with Crippen LogP contribution in [0.5, 0.6) is 5.75 Å². The minimum atomic E-state index is 0.0924. The van der Waals surface area contributed by atoms with Crippen molar-refractivity contribution in [2.45, 2.75) is 46.1 Å². The number of ether oxygens (including phenoxy) is 1. The van der Waals surface area contributed by atoms with E-state index in [1.165, 1.54) is 28.8 Å². The summed E-state index contributed by atoms with van der Waals surface area (Å²) in [5, 5.41) is 0.848. The molecule has 1 aliphatic rings. The quantitative estimate of drug-likeness (QED) is 0.710. The summed E-state index contributed by atoms with van der Waals surface area (Å²) in [6, 6.07) is 7.97. The average Bonchev–Trinajstić information content (AvgIpc) is 2.96. The van der Waals surface area contributed by atoms with E-state index in [2.05, 4.69) is 0 Å². The third-order valence-corrected chi connectivity index (χ3v) is 6.02. The number of aryl methyl sites for hydroxylation is 4. The molecule has 0 aliphatic heterocycles. The lowest BCUT2D eigenvalue weighted by Crippen LogP contribution is -2.26. The Bertz CT molecular complexity index is 987. The zero-order valence-electron chi connectivity index (χ0n) is 14.7. The molecule has 1 aromatic carbocycles. The van der Waals surface area contributed by atoms with Crippen molar-refractivity contribution < 1.29 is 4.74 Å². The molecule has 0 amide bonds. The number of rotatable bonds is 4. The third kappa shape index (κ3) is 3.09. The van der Waals surface area contributed by atoms with Gasteiger partial charge in [-0.1, -0.05) is 12.1 Å². The molecule has 0 atom stereocenters. The molecule has 1 aliphatic carbocycles. The second-order valence-electron chi connectivity index (χ2n) is 6.67. The van der Waals surface area contributed by atoms with E-state index in [4.69, 9.17) is 9.72 Å². The molecular formula is C20H22N2O2S. The molecule has 0 radical (unpaired) electrons. The van der Waals surface area contributed by atoms with Crippen LogP contribution in [0.2, 0.25) is 0 Å². The Hall–Kier alpha value is -2.14. The Morgan fingerprint density at radius 2 is 2.08 bits per heavy atom. The summed E-state index contributed by atoms with van der Waals surface area (Å²) in [4.78, 5) is 20.0. The highest BCUT2D eigenvalue weighted by atomic mass is 32.1. The van der Waals surface area contributed by atoms with Crippen molar-refractivity contribution >= 4 is 21.6 Å². The molecule has 0 N–H and O–H groups in total. The van der Waals surface area contributed by atoms with Gasteiger partial charge in [0.1, 0.15) is 23.0 Å². The molecule has 130 valence electrons. The van der Waals surface area contributed by atoms with Crippen LogP contribution in [-0.2, 0) is 19.4 Å². The van der Waals surface area contributed by atoms with Gasteiger partial charge in [-0.3, -0.25) is 9.36 Å². The predicted molar refractivity (Wildman–Crippen MR) is 102 cm³/mol. The first-order valence-corrected chi connectivity index (χ1v) is 9.66. The molecular weight excluding hydrogens is 332 g/mol. The van der Waals surface area contributed by atoms with Crippen molar-refractivity contribution in [2.75, 3.05) is 6.61 Å². The molecule has 5 heteroatoms. The second kappa shape index (κ2) is 6.64. The normalized spacial score (nSPS) is 13.8. The van der Waals surface area contributed by atoms with Crippen LogP contribution in [0, 0.1) is 13.8 Å². The number of fused-ring (bicyclic) bond motifs is 3. The lowest BCUT2D eigenvalue weighted by molar-refractivity contribution is 0.294. The number of benzene rings is 1. The minimum Gasteiger partial charge on any atom is -0.492 e. The van der Waals surface area contributed by atoms with Gasteiger partial charge in [-0.25, -0.2) is 4.98 Å². The van der Waals surface area contributed by atoms with Crippen molar-refractivity contribution in [3.8, 4) is 5.75 Å². The Balaban J connectivity index is 1.62. The van der Waals surface area contributed by atoms with E-state index in [1.807, 2.05) is 38.1 Å². The van der Waals surface area contributed by atoms with Gasteiger partial charge in [0.05, 0.1) is 11.9 Å². The van der Waals surface area contributed by atoms with Crippen LogP contribution >= 0.6 is 11.3 Å². The zero-order chi connectivity index (χ0) is 17.4. The van der Waals surface area contributed by atoms with Gasteiger partial charge in [0.15, 0.2) is 0 Å². The largest absolute Gasteiger partial charge is 0.492 e. The van der Waals surface area contributed by atoms with E-state index >= 15 is 0 Å². The maximum Gasteiger partial charge on any atom is 0.262 e. The number of aromatic nitrogens is 2. The second-order valence-corrected chi connectivity index (χ2v) is 7.76. The van der Waals surface area contributed by atoms with E-state index in [0.29, 0.717) is 13.2 Å². The van der Waals surface area contributed by atoms with Crippen molar-refractivity contribution in [1.82, 2.24) is 9.55 Å². The van der Waals surface area contributed by atoms with Crippen LogP contribution in [0.25, 0.3) is 10.2 Å². The molecule has 2 heterocycles. The van der Waals surface area contributed by atoms with Gasteiger partial charge in [-0.2, -0.15) is 0 Å². The molecule has 0 saturated carbocycles. The lowest BCUT2D eigenvalue weighted by atomic mass is 9.97. The summed E-state index contributed by atoms with van der Waals surface area (Å²) >= 11 is 1.70. The standard InChI is InChI=1S/C20H22N2O2S/c1-13-6-5-7-15(12-13)24-11-10-22-14(2)21-19-18(20(22)23)16-8-3-4-9-17(16)25-19/h5-7,12H,3-4,8-11H2,1-2H3. The number of hydrogen-bond donors (Lipinski definition) is 0. The smallest absolute Gasteiger partial charge is 0.262 e. The zero-order valence-corrected chi connectivity index (χ0v) is 15.5. The Morgan fingerprint density at radius 3 is 2.92 bits per heavy atom. The summed E-state index contributed by atoms with van der Waals surface area (Å²) in [6.07, 6.45) is 4.49. The molecule has 4 nitrogen and oxygen atoms in total. The van der Waals surface area contributed by atoms with Crippen LogP contribution in [0.3, 0.4) is 0 Å². The fourth-order valence-electron chi connectivity index (χ4n) is 3.56. The lowest BCUT2D eigenvalue weighted by Gasteiger charge is -2.13. The van der Waals surface area contributed by atoms with Gasteiger partial charge in [0, 0.05) is 4.88 Å². The van der Waals surface area contributed by atoms with Gasteiger partial charge < -0.3 is 4.74 Å². The van der Waals surface area contributed by atoms with Crippen molar-refractivity contribution in [2.24, 2.45) is 0 Å². The van der Waals surface area contributed by atoms with Crippen molar-refractivity contribution in [1.29, 1.82) is 0 Å². The van der Waals surface area contributed by atoms with Crippen LogP contribution < -0.4 is 10.3 Å². The molecule has 0 unspecified atom stereocenters. The Kier molecular flexibility index (Phi) is 4.34. The number of hydrogen-bond acceptors (Lipinski definition) is 4. The van der Waals surface area contributed by atoms with Gasteiger partial charge in [0.25, 0.3) is 5.56 Å². The van der Waals surface area contributed by atoms with Crippen molar-refractivity contribution in [3.05, 3.63) is 56.4 Å². The highest BCUT2D eigenvalue weighted by Gasteiger charge is 2.21. The van der Waals surface area contributed by atoms with Crippen LogP contribution in [-0.4, -0.2) is 16.2 Å². The average molecular weight is 354 g/mol. The molecule has 25 heavy (non-hydrogen) atoms. The number of thiophene rings is 1. The summed E-state index contributed by atoms with van der Waals surface area (Å²) in [5.41, 5.74) is 2.51. The predicted octanol–water partition coefficient (Wildman–Crippen LogP) is 4.03. The highest BCUT2D eigenvalue weighted by Crippen LogP contribution is 2.33.